The lowest BCUT2D eigenvalue weighted by Crippen LogP contribution is -2.05. The summed E-state index contributed by atoms with van der Waals surface area (Å²) in [5, 5.41) is 0.756. The van der Waals surface area contributed by atoms with Crippen LogP contribution in [0.1, 0.15) is 18.6 Å². The van der Waals surface area contributed by atoms with Crippen molar-refractivity contribution in [2.24, 2.45) is 0 Å². The fourth-order valence-electron chi connectivity index (χ4n) is 1.25. The summed E-state index contributed by atoms with van der Waals surface area (Å²) in [6.45, 7) is 3.56. The van der Waals surface area contributed by atoms with Gasteiger partial charge in [0.25, 0.3) is 0 Å². The van der Waals surface area contributed by atoms with E-state index in [1.165, 1.54) is 0 Å². The van der Waals surface area contributed by atoms with E-state index in [1.807, 2.05) is 31.2 Å². The zero-order chi connectivity index (χ0) is 9.97. The molecular weight excluding hydrogens is 200 g/mol. The number of epoxide rings is 1. The third-order valence-electron chi connectivity index (χ3n) is 2.27. The molecule has 0 aromatic heterocycles. The molecule has 1 aromatic carbocycles. The van der Waals surface area contributed by atoms with Crippen LogP contribution in [0.4, 0.5) is 0 Å². The second-order valence-electron chi connectivity index (χ2n) is 3.48. The predicted octanol–water partition coefficient (Wildman–Crippen LogP) is 2.82. The Labute approximate surface area is 88.8 Å². The number of halogens is 1. The Kier molecular flexibility index (Phi) is 3.06. The Morgan fingerprint density at radius 2 is 2.14 bits per heavy atom. The normalized spacial score (nSPS) is 22.0. The second kappa shape index (κ2) is 4.30. The number of benzene rings is 1. The van der Waals surface area contributed by atoms with Gasteiger partial charge >= 0.3 is 0 Å². The first-order valence-electron chi connectivity index (χ1n) is 4.74. The second-order valence-corrected chi connectivity index (χ2v) is 3.92. The van der Waals surface area contributed by atoms with Gasteiger partial charge in [-0.1, -0.05) is 23.7 Å². The molecule has 1 heterocycles. The molecule has 0 radical (unpaired) electrons. The van der Waals surface area contributed by atoms with Crippen molar-refractivity contribution in [3.63, 3.8) is 0 Å². The third kappa shape index (κ3) is 2.71. The monoisotopic (exact) mass is 212 g/mol. The Morgan fingerprint density at radius 3 is 2.71 bits per heavy atom. The standard InChI is InChI=1S/C11H13ClO2/c1-8(13-6-11-7-14-11)9-2-4-10(12)5-3-9/h2-5,8,11H,6-7H2,1H3. The first-order valence-corrected chi connectivity index (χ1v) is 5.12. The molecule has 2 atom stereocenters. The minimum absolute atomic E-state index is 0.108. The van der Waals surface area contributed by atoms with Crippen molar-refractivity contribution in [3.05, 3.63) is 34.9 Å². The molecule has 76 valence electrons. The molecule has 1 saturated heterocycles. The van der Waals surface area contributed by atoms with Crippen molar-refractivity contribution in [2.45, 2.75) is 19.1 Å². The molecule has 0 spiro atoms. The fraction of sp³-hybridized carbons (Fsp3) is 0.455. The van der Waals surface area contributed by atoms with E-state index in [9.17, 15) is 0 Å². The summed E-state index contributed by atoms with van der Waals surface area (Å²) in [6, 6.07) is 7.73. The highest BCUT2D eigenvalue weighted by atomic mass is 35.5. The quantitative estimate of drug-likeness (QED) is 0.716. The largest absolute Gasteiger partial charge is 0.371 e. The maximum atomic E-state index is 5.79. The van der Waals surface area contributed by atoms with E-state index in [2.05, 4.69) is 0 Å². The van der Waals surface area contributed by atoms with Crippen molar-refractivity contribution in [3.8, 4) is 0 Å². The van der Waals surface area contributed by atoms with Crippen molar-refractivity contribution in [1.29, 1.82) is 0 Å². The lowest BCUT2D eigenvalue weighted by molar-refractivity contribution is 0.0540. The molecular formula is C11H13ClO2. The zero-order valence-corrected chi connectivity index (χ0v) is 8.83. The summed E-state index contributed by atoms with van der Waals surface area (Å²) >= 11 is 5.79. The fourth-order valence-corrected chi connectivity index (χ4v) is 1.37. The third-order valence-corrected chi connectivity index (χ3v) is 2.53. The van der Waals surface area contributed by atoms with E-state index in [-0.39, 0.29) is 6.10 Å². The van der Waals surface area contributed by atoms with Crippen molar-refractivity contribution >= 4 is 11.6 Å². The Bertz CT molecular complexity index is 293. The van der Waals surface area contributed by atoms with Crippen LogP contribution in [0.5, 0.6) is 0 Å². The van der Waals surface area contributed by atoms with E-state index < -0.39 is 0 Å². The summed E-state index contributed by atoms with van der Waals surface area (Å²) in [4.78, 5) is 0. The van der Waals surface area contributed by atoms with Crippen LogP contribution in [0.3, 0.4) is 0 Å². The van der Waals surface area contributed by atoms with Crippen LogP contribution in [-0.4, -0.2) is 19.3 Å². The maximum Gasteiger partial charge on any atom is 0.104 e. The van der Waals surface area contributed by atoms with Gasteiger partial charge in [-0.15, -0.1) is 0 Å². The lowest BCUT2D eigenvalue weighted by Gasteiger charge is -2.12. The SMILES string of the molecule is CC(OCC1CO1)c1ccc(Cl)cc1. The van der Waals surface area contributed by atoms with Gasteiger partial charge in [0.05, 0.1) is 19.3 Å². The predicted molar refractivity (Wildman–Crippen MR) is 55.6 cm³/mol. The first kappa shape index (κ1) is 9.97. The Balaban J connectivity index is 1.88. The average Bonchev–Trinajstić information content (AvgIpc) is 2.99. The molecule has 3 heteroatoms. The summed E-state index contributed by atoms with van der Waals surface area (Å²) in [5.74, 6) is 0. The summed E-state index contributed by atoms with van der Waals surface area (Å²) in [6.07, 6.45) is 0.432. The highest BCUT2D eigenvalue weighted by Crippen LogP contribution is 2.21. The Morgan fingerprint density at radius 1 is 1.50 bits per heavy atom. The van der Waals surface area contributed by atoms with Gasteiger partial charge in [0, 0.05) is 5.02 Å². The molecule has 0 aliphatic carbocycles. The van der Waals surface area contributed by atoms with Crippen LogP contribution < -0.4 is 0 Å². The van der Waals surface area contributed by atoms with Gasteiger partial charge in [-0.05, 0) is 24.6 Å². The van der Waals surface area contributed by atoms with Crippen LogP contribution in [0.25, 0.3) is 0 Å². The molecule has 0 saturated carbocycles. The molecule has 0 bridgehead atoms. The van der Waals surface area contributed by atoms with E-state index in [0.717, 1.165) is 17.2 Å². The molecule has 1 fully saturated rings. The summed E-state index contributed by atoms with van der Waals surface area (Å²) in [7, 11) is 0. The molecule has 0 N–H and O–H groups in total. The molecule has 14 heavy (non-hydrogen) atoms. The lowest BCUT2D eigenvalue weighted by atomic mass is 10.1. The molecule has 1 aliphatic heterocycles. The van der Waals surface area contributed by atoms with Gasteiger partial charge in [0.2, 0.25) is 0 Å². The van der Waals surface area contributed by atoms with Gasteiger partial charge in [-0.2, -0.15) is 0 Å². The van der Waals surface area contributed by atoms with Gasteiger partial charge < -0.3 is 9.47 Å². The smallest absolute Gasteiger partial charge is 0.104 e. The van der Waals surface area contributed by atoms with Crippen LogP contribution in [0.2, 0.25) is 5.02 Å². The average molecular weight is 213 g/mol. The number of rotatable bonds is 4. The topological polar surface area (TPSA) is 21.8 Å². The summed E-state index contributed by atoms with van der Waals surface area (Å²) in [5.41, 5.74) is 1.15. The minimum Gasteiger partial charge on any atom is -0.371 e. The van der Waals surface area contributed by atoms with Crippen LogP contribution in [0.15, 0.2) is 24.3 Å². The molecule has 2 rings (SSSR count). The van der Waals surface area contributed by atoms with Crippen LogP contribution in [-0.2, 0) is 9.47 Å². The zero-order valence-electron chi connectivity index (χ0n) is 8.07. The van der Waals surface area contributed by atoms with Gasteiger partial charge in [-0.25, -0.2) is 0 Å². The highest BCUT2D eigenvalue weighted by Gasteiger charge is 2.23. The van der Waals surface area contributed by atoms with E-state index >= 15 is 0 Å². The van der Waals surface area contributed by atoms with Crippen LogP contribution in [0, 0.1) is 0 Å². The van der Waals surface area contributed by atoms with E-state index in [1.54, 1.807) is 0 Å². The van der Waals surface area contributed by atoms with E-state index in [0.29, 0.717) is 12.7 Å². The van der Waals surface area contributed by atoms with Gasteiger partial charge in [0.1, 0.15) is 6.10 Å². The minimum atomic E-state index is 0.108. The molecule has 1 aromatic rings. The van der Waals surface area contributed by atoms with E-state index in [4.69, 9.17) is 21.1 Å². The molecule has 0 amide bonds. The number of hydrogen-bond donors (Lipinski definition) is 0. The van der Waals surface area contributed by atoms with Crippen molar-refractivity contribution in [2.75, 3.05) is 13.2 Å². The molecule has 2 nitrogen and oxygen atoms in total. The number of ether oxygens (including phenoxy) is 2. The summed E-state index contributed by atoms with van der Waals surface area (Å²) < 4.78 is 10.7. The molecule has 2 unspecified atom stereocenters. The van der Waals surface area contributed by atoms with Gasteiger partial charge in [0.15, 0.2) is 0 Å². The Hall–Kier alpha value is -0.570. The maximum absolute atomic E-state index is 5.79. The van der Waals surface area contributed by atoms with Crippen molar-refractivity contribution < 1.29 is 9.47 Å². The molecule has 1 aliphatic rings. The van der Waals surface area contributed by atoms with Crippen molar-refractivity contribution in [1.82, 2.24) is 0 Å². The van der Waals surface area contributed by atoms with Gasteiger partial charge in [-0.3, -0.25) is 0 Å². The highest BCUT2D eigenvalue weighted by molar-refractivity contribution is 6.30. The number of hydrogen-bond acceptors (Lipinski definition) is 2. The van der Waals surface area contributed by atoms with Crippen LogP contribution >= 0.6 is 11.6 Å². The first-order chi connectivity index (χ1) is 6.75.